The van der Waals surface area contributed by atoms with Crippen LogP contribution in [0.1, 0.15) is 80.1 Å². The molecule has 0 fully saturated rings. The van der Waals surface area contributed by atoms with Gasteiger partial charge in [-0.25, -0.2) is 0 Å². The number of carbonyl (C=O) groups is 1. The van der Waals surface area contributed by atoms with E-state index >= 15 is 0 Å². The predicted molar refractivity (Wildman–Crippen MR) is 71.6 cm³/mol. The molecule has 0 unspecified atom stereocenters. The normalized spacial score (nSPS) is 12.9. The van der Waals surface area contributed by atoms with Gasteiger partial charge in [-0.15, -0.1) is 0 Å². The van der Waals surface area contributed by atoms with Gasteiger partial charge in [0.05, 0.1) is 0 Å². The SMILES string of the molecule is CCCC(C)(C)CC(=O)CC(C)(C)CCC. The van der Waals surface area contributed by atoms with Gasteiger partial charge in [-0.3, -0.25) is 4.79 Å². The first kappa shape index (κ1) is 15.7. The van der Waals surface area contributed by atoms with E-state index < -0.39 is 0 Å². The molecule has 0 aromatic heterocycles. The lowest BCUT2D eigenvalue weighted by molar-refractivity contribution is -0.123. The Labute approximate surface area is 102 Å². The smallest absolute Gasteiger partial charge is 0.133 e. The maximum absolute atomic E-state index is 12.0. The first-order valence-electron chi connectivity index (χ1n) is 6.74. The van der Waals surface area contributed by atoms with Gasteiger partial charge in [0.15, 0.2) is 0 Å². The van der Waals surface area contributed by atoms with Crippen molar-refractivity contribution in [3.05, 3.63) is 0 Å². The summed E-state index contributed by atoms with van der Waals surface area (Å²) in [7, 11) is 0. The van der Waals surface area contributed by atoms with Crippen LogP contribution >= 0.6 is 0 Å². The molecule has 0 bridgehead atoms. The summed E-state index contributed by atoms with van der Waals surface area (Å²) < 4.78 is 0. The molecule has 0 heterocycles. The van der Waals surface area contributed by atoms with E-state index in [-0.39, 0.29) is 10.8 Å². The molecule has 0 amide bonds. The number of hydrogen-bond acceptors (Lipinski definition) is 1. The second-order valence-corrected chi connectivity index (χ2v) is 6.72. The number of Topliss-reactive ketones (excluding diaryl/α,β-unsaturated/α-hetero) is 1. The monoisotopic (exact) mass is 226 g/mol. The van der Waals surface area contributed by atoms with Gasteiger partial charge in [-0.1, -0.05) is 54.4 Å². The van der Waals surface area contributed by atoms with Crippen molar-refractivity contribution in [1.29, 1.82) is 0 Å². The molecule has 0 spiro atoms. The maximum Gasteiger partial charge on any atom is 0.133 e. The van der Waals surface area contributed by atoms with Crippen LogP contribution in [0.3, 0.4) is 0 Å². The zero-order valence-electron chi connectivity index (χ0n) is 12.2. The summed E-state index contributed by atoms with van der Waals surface area (Å²) in [6.45, 7) is 13.2. The molecule has 0 aromatic rings. The first-order chi connectivity index (χ1) is 7.22. The lowest BCUT2D eigenvalue weighted by atomic mass is 9.77. The van der Waals surface area contributed by atoms with E-state index in [2.05, 4.69) is 41.5 Å². The fraction of sp³-hybridized carbons (Fsp3) is 0.933. The zero-order chi connectivity index (χ0) is 12.8. The van der Waals surface area contributed by atoms with Crippen LogP contribution in [0.5, 0.6) is 0 Å². The summed E-state index contributed by atoms with van der Waals surface area (Å²) in [5, 5.41) is 0. The molecule has 1 heteroatoms. The topological polar surface area (TPSA) is 17.1 Å². The van der Waals surface area contributed by atoms with Crippen LogP contribution in [-0.4, -0.2) is 5.78 Å². The summed E-state index contributed by atoms with van der Waals surface area (Å²) in [5.74, 6) is 0.442. The molecule has 0 radical (unpaired) electrons. The largest absolute Gasteiger partial charge is 0.300 e. The van der Waals surface area contributed by atoms with E-state index in [4.69, 9.17) is 0 Å². The number of carbonyl (C=O) groups excluding carboxylic acids is 1. The van der Waals surface area contributed by atoms with Crippen molar-refractivity contribution >= 4 is 5.78 Å². The van der Waals surface area contributed by atoms with E-state index in [9.17, 15) is 4.79 Å². The second-order valence-electron chi connectivity index (χ2n) is 6.72. The predicted octanol–water partition coefficient (Wildman–Crippen LogP) is 4.99. The molecule has 0 aromatic carbocycles. The quantitative estimate of drug-likeness (QED) is 0.570. The van der Waals surface area contributed by atoms with Crippen LogP contribution in [0.25, 0.3) is 0 Å². The van der Waals surface area contributed by atoms with Crippen LogP contribution in [0.4, 0.5) is 0 Å². The fourth-order valence-corrected chi connectivity index (χ4v) is 2.66. The molecule has 0 saturated carbocycles. The van der Waals surface area contributed by atoms with Gasteiger partial charge in [0.1, 0.15) is 5.78 Å². The Hall–Kier alpha value is -0.330. The molecule has 1 nitrogen and oxygen atoms in total. The third kappa shape index (κ3) is 7.03. The van der Waals surface area contributed by atoms with Crippen LogP contribution < -0.4 is 0 Å². The van der Waals surface area contributed by atoms with E-state index in [1.165, 1.54) is 12.8 Å². The highest BCUT2D eigenvalue weighted by atomic mass is 16.1. The van der Waals surface area contributed by atoms with Crippen LogP contribution in [-0.2, 0) is 4.79 Å². The third-order valence-electron chi connectivity index (χ3n) is 3.20. The standard InChI is InChI=1S/C15H30O/c1-7-9-14(3,4)11-13(16)12-15(5,6)10-8-2/h7-12H2,1-6H3. The third-order valence-corrected chi connectivity index (χ3v) is 3.20. The number of ketones is 1. The van der Waals surface area contributed by atoms with E-state index in [0.29, 0.717) is 5.78 Å². The summed E-state index contributed by atoms with van der Waals surface area (Å²) in [6, 6.07) is 0. The van der Waals surface area contributed by atoms with Crippen molar-refractivity contribution in [3.63, 3.8) is 0 Å². The Morgan fingerprint density at radius 2 is 1.12 bits per heavy atom. The van der Waals surface area contributed by atoms with Crippen LogP contribution in [0, 0.1) is 10.8 Å². The minimum atomic E-state index is 0.189. The van der Waals surface area contributed by atoms with Gasteiger partial charge in [0, 0.05) is 12.8 Å². The lowest BCUT2D eigenvalue weighted by Crippen LogP contribution is -2.22. The van der Waals surface area contributed by atoms with Crippen molar-refractivity contribution < 1.29 is 4.79 Å². The van der Waals surface area contributed by atoms with E-state index in [0.717, 1.165) is 25.7 Å². The number of hydrogen-bond donors (Lipinski definition) is 0. The van der Waals surface area contributed by atoms with Gasteiger partial charge in [-0.2, -0.15) is 0 Å². The Kier molecular flexibility index (Phi) is 6.28. The Morgan fingerprint density at radius 1 is 0.812 bits per heavy atom. The Bertz CT molecular complexity index is 191. The van der Waals surface area contributed by atoms with Gasteiger partial charge in [0.2, 0.25) is 0 Å². The minimum absolute atomic E-state index is 0.189. The van der Waals surface area contributed by atoms with E-state index in [1.54, 1.807) is 0 Å². The van der Waals surface area contributed by atoms with Crippen molar-refractivity contribution in [1.82, 2.24) is 0 Å². The first-order valence-corrected chi connectivity index (χ1v) is 6.74. The molecule has 0 saturated heterocycles. The van der Waals surface area contributed by atoms with E-state index in [1.807, 2.05) is 0 Å². The fourth-order valence-electron chi connectivity index (χ4n) is 2.66. The van der Waals surface area contributed by atoms with Crippen molar-refractivity contribution in [2.45, 2.75) is 80.1 Å². The molecular weight excluding hydrogens is 196 g/mol. The molecule has 16 heavy (non-hydrogen) atoms. The van der Waals surface area contributed by atoms with Crippen molar-refractivity contribution in [3.8, 4) is 0 Å². The molecule has 96 valence electrons. The van der Waals surface area contributed by atoms with Gasteiger partial charge in [0.25, 0.3) is 0 Å². The summed E-state index contributed by atoms with van der Waals surface area (Å²) >= 11 is 0. The second kappa shape index (κ2) is 6.42. The zero-order valence-corrected chi connectivity index (χ0v) is 12.2. The van der Waals surface area contributed by atoms with Crippen LogP contribution in [0.15, 0.2) is 0 Å². The highest BCUT2D eigenvalue weighted by molar-refractivity contribution is 5.79. The van der Waals surface area contributed by atoms with Gasteiger partial charge in [-0.05, 0) is 23.7 Å². The maximum atomic E-state index is 12.0. The Morgan fingerprint density at radius 3 is 1.38 bits per heavy atom. The average Bonchev–Trinajstić information content (AvgIpc) is 1.99. The molecule has 0 rings (SSSR count). The Balaban J connectivity index is 4.17. The molecular formula is C15H30O. The average molecular weight is 226 g/mol. The highest BCUT2D eigenvalue weighted by Gasteiger charge is 2.26. The molecule has 0 aliphatic heterocycles. The molecule has 0 N–H and O–H groups in total. The summed E-state index contributed by atoms with van der Waals surface area (Å²) in [4.78, 5) is 12.0. The molecule has 0 aliphatic carbocycles. The molecule has 0 atom stereocenters. The van der Waals surface area contributed by atoms with Crippen LogP contribution in [0.2, 0.25) is 0 Å². The minimum Gasteiger partial charge on any atom is -0.300 e. The molecule has 0 aliphatic rings. The highest BCUT2D eigenvalue weighted by Crippen LogP contribution is 2.32. The number of rotatable bonds is 8. The van der Waals surface area contributed by atoms with Crippen molar-refractivity contribution in [2.24, 2.45) is 10.8 Å². The lowest BCUT2D eigenvalue weighted by Gasteiger charge is -2.27. The van der Waals surface area contributed by atoms with Gasteiger partial charge < -0.3 is 0 Å². The summed E-state index contributed by atoms with van der Waals surface area (Å²) in [6.07, 6.45) is 6.11. The van der Waals surface area contributed by atoms with Crippen molar-refractivity contribution in [2.75, 3.05) is 0 Å². The van der Waals surface area contributed by atoms with Gasteiger partial charge >= 0.3 is 0 Å². The summed E-state index contributed by atoms with van der Waals surface area (Å²) in [5.41, 5.74) is 0.377.